The van der Waals surface area contributed by atoms with Gasteiger partial charge >= 0.3 is 0 Å². The van der Waals surface area contributed by atoms with Crippen LogP contribution in [0, 0.1) is 16.0 Å². The zero-order valence-corrected chi connectivity index (χ0v) is 18.4. The number of carbonyl (C=O) groups is 1. The van der Waals surface area contributed by atoms with Crippen molar-refractivity contribution in [3.05, 3.63) is 64.5 Å². The lowest BCUT2D eigenvalue weighted by Crippen LogP contribution is -2.39. The Morgan fingerprint density at radius 1 is 1.18 bits per heavy atom. The number of benzene rings is 2. The molecule has 1 amide bonds. The first kappa shape index (κ1) is 22.4. The van der Waals surface area contributed by atoms with E-state index in [2.05, 4.69) is 20.4 Å². The first-order valence-electron chi connectivity index (χ1n) is 10.7. The molecule has 1 fully saturated rings. The highest BCUT2D eigenvalue weighted by Crippen LogP contribution is 2.30. The number of piperidine rings is 1. The van der Waals surface area contributed by atoms with E-state index in [1.807, 2.05) is 31.2 Å². The lowest BCUT2D eigenvalue weighted by Gasteiger charge is -2.34. The van der Waals surface area contributed by atoms with Gasteiger partial charge < -0.3 is 14.5 Å². The summed E-state index contributed by atoms with van der Waals surface area (Å²) >= 11 is 0. The van der Waals surface area contributed by atoms with Crippen LogP contribution in [-0.2, 0) is 4.79 Å². The quantitative estimate of drug-likeness (QED) is 0.421. The van der Waals surface area contributed by atoms with Crippen LogP contribution in [-0.4, -0.2) is 46.1 Å². The Hall–Kier alpha value is -3.79. The van der Waals surface area contributed by atoms with E-state index < -0.39 is 4.92 Å². The van der Waals surface area contributed by atoms with E-state index >= 15 is 0 Å². The highest BCUT2D eigenvalue weighted by molar-refractivity contribution is 5.94. The highest BCUT2D eigenvalue weighted by atomic mass is 16.6. The molecule has 1 aliphatic rings. The molecule has 0 radical (unpaired) electrons. The zero-order valence-electron chi connectivity index (χ0n) is 18.4. The number of hydrogen-bond donors (Lipinski definition) is 1. The Morgan fingerprint density at radius 2 is 1.88 bits per heavy atom. The molecule has 10 heteroatoms. The number of aromatic nitrogens is 2. The second-order valence-electron chi connectivity index (χ2n) is 7.93. The summed E-state index contributed by atoms with van der Waals surface area (Å²) in [6.07, 6.45) is 1.43. The maximum absolute atomic E-state index is 12.7. The minimum atomic E-state index is -0.453. The van der Waals surface area contributed by atoms with Gasteiger partial charge in [-0.05, 0) is 57.1 Å². The molecular weight excluding hydrogens is 426 g/mol. The van der Waals surface area contributed by atoms with Gasteiger partial charge in [0.1, 0.15) is 5.75 Å². The second kappa shape index (κ2) is 9.78. The first-order chi connectivity index (χ1) is 16.0. The van der Waals surface area contributed by atoms with Crippen LogP contribution < -0.4 is 10.1 Å². The summed E-state index contributed by atoms with van der Waals surface area (Å²) in [7, 11) is 1.58. The summed E-state index contributed by atoms with van der Waals surface area (Å²) in [6.45, 7) is 3.43. The molecule has 1 aromatic heterocycles. The number of carbonyl (C=O) groups excluding carboxylic acids is 1. The molecular formula is C23H25N5O5. The van der Waals surface area contributed by atoms with Gasteiger partial charge in [-0.15, -0.1) is 10.2 Å². The number of para-hydroxylation sites is 2. The standard InChI is InChI=1S/C23H25N5O5/c1-15(22-25-26-23(33-22)17-7-9-18(10-8-17)28(30)31)27-13-11-16(12-14-27)21(29)24-19-5-3-4-6-20(19)32-2/h3-10,15-16H,11-14H2,1-2H3,(H,24,29). The molecule has 0 aliphatic carbocycles. The largest absolute Gasteiger partial charge is 0.495 e. The monoisotopic (exact) mass is 451 g/mol. The summed E-state index contributed by atoms with van der Waals surface area (Å²) in [4.78, 5) is 25.3. The van der Waals surface area contributed by atoms with Gasteiger partial charge in [0, 0.05) is 23.6 Å². The smallest absolute Gasteiger partial charge is 0.269 e. The summed E-state index contributed by atoms with van der Waals surface area (Å²) in [5, 5.41) is 22.1. The number of nitro groups is 1. The molecule has 33 heavy (non-hydrogen) atoms. The third-order valence-corrected chi connectivity index (χ3v) is 5.94. The summed E-state index contributed by atoms with van der Waals surface area (Å²) in [5.74, 6) is 1.33. The normalized spacial score (nSPS) is 15.7. The van der Waals surface area contributed by atoms with Crippen molar-refractivity contribution < 1.29 is 18.9 Å². The number of rotatable bonds is 7. The Morgan fingerprint density at radius 3 is 2.55 bits per heavy atom. The molecule has 4 rings (SSSR count). The minimum Gasteiger partial charge on any atom is -0.495 e. The third kappa shape index (κ3) is 5.01. The molecule has 1 saturated heterocycles. The molecule has 1 N–H and O–H groups in total. The Kier molecular flexibility index (Phi) is 6.64. The van der Waals surface area contributed by atoms with Gasteiger partial charge in [-0.2, -0.15) is 0 Å². The number of methoxy groups -OCH3 is 1. The summed E-state index contributed by atoms with van der Waals surface area (Å²) in [6, 6.07) is 13.2. The van der Waals surface area contributed by atoms with Gasteiger partial charge in [0.2, 0.25) is 17.7 Å². The van der Waals surface area contributed by atoms with Crippen LogP contribution in [0.2, 0.25) is 0 Å². The van der Waals surface area contributed by atoms with Crippen LogP contribution in [0.1, 0.15) is 31.7 Å². The lowest BCUT2D eigenvalue weighted by molar-refractivity contribution is -0.384. The number of anilines is 1. The van der Waals surface area contributed by atoms with E-state index in [9.17, 15) is 14.9 Å². The number of non-ortho nitro benzene ring substituents is 1. The third-order valence-electron chi connectivity index (χ3n) is 5.94. The number of amides is 1. The van der Waals surface area contributed by atoms with Crippen LogP contribution in [0.3, 0.4) is 0 Å². The molecule has 0 spiro atoms. The Labute approximate surface area is 190 Å². The van der Waals surface area contributed by atoms with Gasteiger partial charge in [0.05, 0.1) is 23.8 Å². The lowest BCUT2D eigenvalue weighted by atomic mass is 9.95. The molecule has 1 unspecified atom stereocenters. The molecule has 2 heterocycles. The van der Waals surface area contributed by atoms with Gasteiger partial charge in [-0.3, -0.25) is 19.8 Å². The fraction of sp³-hybridized carbons (Fsp3) is 0.348. The predicted octanol–water partition coefficient (Wildman–Crippen LogP) is 4.07. The van der Waals surface area contributed by atoms with E-state index in [-0.39, 0.29) is 23.6 Å². The second-order valence-corrected chi connectivity index (χ2v) is 7.93. The topological polar surface area (TPSA) is 124 Å². The average Bonchev–Trinajstić information content (AvgIpc) is 3.34. The predicted molar refractivity (Wildman–Crippen MR) is 121 cm³/mol. The average molecular weight is 451 g/mol. The van der Waals surface area contributed by atoms with Crippen molar-refractivity contribution >= 4 is 17.3 Å². The molecule has 1 atom stereocenters. The van der Waals surface area contributed by atoms with Crippen molar-refractivity contribution in [1.29, 1.82) is 0 Å². The van der Waals surface area contributed by atoms with Gasteiger partial charge in [0.15, 0.2) is 0 Å². The van der Waals surface area contributed by atoms with Crippen LogP contribution in [0.4, 0.5) is 11.4 Å². The number of nitro benzene ring substituents is 1. The Balaban J connectivity index is 1.34. The van der Waals surface area contributed by atoms with Crippen molar-refractivity contribution in [2.45, 2.75) is 25.8 Å². The molecule has 3 aromatic rings. The van der Waals surface area contributed by atoms with Gasteiger partial charge in [-0.1, -0.05) is 12.1 Å². The van der Waals surface area contributed by atoms with Crippen molar-refractivity contribution in [2.24, 2.45) is 5.92 Å². The Bertz CT molecular complexity index is 1120. The van der Waals surface area contributed by atoms with Crippen molar-refractivity contribution in [2.75, 3.05) is 25.5 Å². The van der Waals surface area contributed by atoms with Crippen LogP contribution >= 0.6 is 0 Å². The molecule has 0 bridgehead atoms. The number of ether oxygens (including phenoxy) is 1. The van der Waals surface area contributed by atoms with E-state index in [1.165, 1.54) is 12.1 Å². The maximum atomic E-state index is 12.7. The summed E-state index contributed by atoms with van der Waals surface area (Å²) in [5.41, 5.74) is 1.30. The van der Waals surface area contributed by atoms with E-state index in [4.69, 9.17) is 9.15 Å². The van der Waals surface area contributed by atoms with Crippen molar-refractivity contribution in [3.63, 3.8) is 0 Å². The fourth-order valence-corrected chi connectivity index (χ4v) is 3.93. The SMILES string of the molecule is COc1ccccc1NC(=O)C1CCN(C(C)c2nnc(-c3ccc([N+](=O)[O-])cc3)o2)CC1. The maximum Gasteiger partial charge on any atom is 0.269 e. The number of likely N-dealkylation sites (tertiary alicyclic amines) is 1. The summed E-state index contributed by atoms with van der Waals surface area (Å²) < 4.78 is 11.1. The van der Waals surface area contributed by atoms with Crippen molar-refractivity contribution in [1.82, 2.24) is 15.1 Å². The van der Waals surface area contributed by atoms with E-state index in [0.717, 1.165) is 13.1 Å². The molecule has 172 valence electrons. The highest BCUT2D eigenvalue weighted by Gasteiger charge is 2.30. The minimum absolute atomic E-state index is 0.00414. The van der Waals surface area contributed by atoms with Crippen LogP contribution in [0.25, 0.3) is 11.5 Å². The number of nitrogens with zero attached hydrogens (tertiary/aromatic N) is 4. The molecule has 10 nitrogen and oxygen atoms in total. The fourth-order valence-electron chi connectivity index (χ4n) is 3.93. The zero-order chi connectivity index (χ0) is 23.4. The molecule has 2 aromatic carbocycles. The van der Waals surface area contributed by atoms with Gasteiger partial charge in [0.25, 0.3) is 5.69 Å². The number of nitrogens with one attached hydrogen (secondary N) is 1. The van der Waals surface area contributed by atoms with Crippen molar-refractivity contribution in [3.8, 4) is 17.2 Å². The van der Waals surface area contributed by atoms with E-state index in [1.54, 1.807) is 19.2 Å². The van der Waals surface area contributed by atoms with Gasteiger partial charge in [-0.25, -0.2) is 0 Å². The molecule has 1 aliphatic heterocycles. The number of hydrogen-bond acceptors (Lipinski definition) is 8. The van der Waals surface area contributed by atoms with Crippen LogP contribution in [0.5, 0.6) is 5.75 Å². The van der Waals surface area contributed by atoms with Crippen LogP contribution in [0.15, 0.2) is 52.9 Å². The molecule has 0 saturated carbocycles. The first-order valence-corrected chi connectivity index (χ1v) is 10.7. The van der Waals surface area contributed by atoms with E-state index in [0.29, 0.717) is 41.6 Å².